The lowest BCUT2D eigenvalue weighted by molar-refractivity contribution is 0.112. The van der Waals surface area contributed by atoms with Crippen LogP contribution in [0.5, 0.6) is 0 Å². The molecule has 2 aromatic heterocycles. The van der Waals surface area contributed by atoms with Gasteiger partial charge in [0.2, 0.25) is 0 Å². The molecule has 0 unspecified atom stereocenters. The Morgan fingerprint density at radius 3 is 2.63 bits per heavy atom. The van der Waals surface area contributed by atoms with Crippen molar-refractivity contribution in [2.75, 3.05) is 0 Å². The quantitative estimate of drug-likeness (QED) is 0.389. The smallest absolute Gasteiger partial charge is 0.252 e. The minimum absolute atomic E-state index is 0.00817. The van der Waals surface area contributed by atoms with Crippen LogP contribution in [0.3, 0.4) is 0 Å². The Morgan fingerprint density at radius 2 is 1.89 bits per heavy atom. The van der Waals surface area contributed by atoms with Gasteiger partial charge in [0.05, 0.1) is 18.1 Å². The summed E-state index contributed by atoms with van der Waals surface area (Å²) < 4.78 is 1.92. The van der Waals surface area contributed by atoms with Crippen molar-refractivity contribution in [2.24, 2.45) is 0 Å². The predicted octanol–water partition coefficient (Wildman–Crippen LogP) is 5.08. The van der Waals surface area contributed by atoms with Gasteiger partial charge in [-0.2, -0.15) is 0 Å². The van der Waals surface area contributed by atoms with Crippen LogP contribution in [-0.2, 0) is 13.1 Å². The van der Waals surface area contributed by atoms with E-state index in [1.165, 1.54) is 24.0 Å². The molecule has 0 bridgehead atoms. The first kappa shape index (κ1) is 23.4. The molecule has 1 fully saturated rings. The maximum atomic E-state index is 13.2. The second-order valence-electron chi connectivity index (χ2n) is 9.88. The monoisotopic (exact) mass is 470 g/mol. The van der Waals surface area contributed by atoms with Gasteiger partial charge < -0.3 is 4.98 Å². The molecule has 1 saturated carbocycles. The first-order chi connectivity index (χ1) is 17.0. The van der Waals surface area contributed by atoms with E-state index in [1.54, 1.807) is 0 Å². The Labute approximate surface area is 206 Å². The molecule has 1 N–H and O–H groups in total. The molecule has 1 aliphatic rings. The molecule has 4 aromatic rings. The van der Waals surface area contributed by atoms with Crippen molar-refractivity contribution in [3.05, 3.63) is 87.0 Å². The highest BCUT2D eigenvalue weighted by Gasteiger charge is 2.32. The van der Waals surface area contributed by atoms with Crippen LogP contribution in [-0.4, -0.2) is 36.1 Å². The summed E-state index contributed by atoms with van der Waals surface area (Å²) in [5, 5.41) is 14.0. The lowest BCUT2D eigenvalue weighted by Crippen LogP contribution is -2.39. The Kier molecular flexibility index (Phi) is 6.77. The van der Waals surface area contributed by atoms with Gasteiger partial charge in [0, 0.05) is 18.2 Å². The molecule has 0 saturated heterocycles. The molecule has 5 rings (SSSR count). The molecule has 7 heteroatoms. The Balaban J connectivity index is 1.51. The summed E-state index contributed by atoms with van der Waals surface area (Å²) in [5.74, 6) is 0.868. The summed E-state index contributed by atoms with van der Waals surface area (Å²) >= 11 is 0. The van der Waals surface area contributed by atoms with Crippen LogP contribution in [0.1, 0.15) is 73.1 Å². The zero-order valence-electron chi connectivity index (χ0n) is 20.9. The highest BCUT2D eigenvalue weighted by atomic mass is 16.1. The molecule has 35 heavy (non-hydrogen) atoms. The molecule has 2 aromatic carbocycles. The van der Waals surface area contributed by atoms with Crippen LogP contribution < -0.4 is 5.56 Å². The summed E-state index contributed by atoms with van der Waals surface area (Å²) in [6, 6.07) is 17.1. The highest BCUT2D eigenvalue weighted by molar-refractivity contribution is 5.82. The van der Waals surface area contributed by atoms with Gasteiger partial charge in [-0.25, -0.2) is 4.68 Å². The third-order valence-electron chi connectivity index (χ3n) is 7.34. The van der Waals surface area contributed by atoms with E-state index in [4.69, 9.17) is 0 Å². The normalized spacial score (nSPS) is 15.3. The number of aromatic nitrogens is 5. The number of aryl methyl sites for hydroxylation is 2. The van der Waals surface area contributed by atoms with Gasteiger partial charge in [0.15, 0.2) is 5.82 Å². The molecule has 0 aliphatic heterocycles. The molecule has 1 aliphatic carbocycles. The highest BCUT2D eigenvalue weighted by Crippen LogP contribution is 2.34. The number of nitrogens with zero attached hydrogens (tertiary/aromatic N) is 5. The molecule has 0 spiro atoms. The first-order valence-electron chi connectivity index (χ1n) is 12.7. The van der Waals surface area contributed by atoms with Crippen molar-refractivity contribution < 1.29 is 0 Å². The van der Waals surface area contributed by atoms with Crippen LogP contribution in [0.15, 0.2) is 53.3 Å². The van der Waals surface area contributed by atoms with E-state index in [2.05, 4.69) is 76.5 Å². The zero-order chi connectivity index (χ0) is 24.4. The number of rotatable bonds is 8. The topological polar surface area (TPSA) is 79.7 Å². The van der Waals surface area contributed by atoms with E-state index in [-0.39, 0.29) is 11.6 Å². The number of H-pyrrole nitrogens is 1. The molecule has 2 heterocycles. The van der Waals surface area contributed by atoms with E-state index in [0.717, 1.165) is 47.1 Å². The molecule has 0 radical (unpaired) electrons. The van der Waals surface area contributed by atoms with Gasteiger partial charge in [-0.1, -0.05) is 61.7 Å². The molecular weight excluding hydrogens is 436 g/mol. The third kappa shape index (κ3) is 4.91. The maximum Gasteiger partial charge on any atom is 0.252 e. The van der Waals surface area contributed by atoms with Crippen molar-refractivity contribution in [2.45, 2.75) is 78.0 Å². The molecule has 182 valence electrons. The van der Waals surface area contributed by atoms with Gasteiger partial charge in [-0.15, -0.1) is 5.10 Å². The summed E-state index contributed by atoms with van der Waals surface area (Å²) in [6.07, 6.45) is 5.59. The van der Waals surface area contributed by atoms with Gasteiger partial charge in [-0.05, 0) is 72.2 Å². The fourth-order valence-corrected chi connectivity index (χ4v) is 5.66. The molecule has 0 amide bonds. The van der Waals surface area contributed by atoms with E-state index < -0.39 is 0 Å². The summed E-state index contributed by atoms with van der Waals surface area (Å²) in [7, 11) is 0. The Morgan fingerprint density at radius 1 is 1.11 bits per heavy atom. The second kappa shape index (κ2) is 10.1. The lowest BCUT2D eigenvalue weighted by Gasteiger charge is -2.35. The standard InChI is InChI=1S/C28H34N6O/c1-4-25(27-30-31-32-34(27)17-21-10-6-5-7-11-21)33(24-12-8-9-13-24)18-23-16-22-15-19(2)14-20(3)26(22)29-28(23)35/h5-7,10-11,14-16,24-25H,4,8-9,12-13,17-18H2,1-3H3,(H,29,35)/t25-/m1/s1. The summed E-state index contributed by atoms with van der Waals surface area (Å²) in [4.78, 5) is 18.8. The summed E-state index contributed by atoms with van der Waals surface area (Å²) in [5.41, 5.74) is 5.19. The van der Waals surface area contributed by atoms with E-state index in [0.29, 0.717) is 19.1 Å². The predicted molar refractivity (Wildman–Crippen MR) is 138 cm³/mol. The van der Waals surface area contributed by atoms with Crippen LogP contribution >= 0.6 is 0 Å². The molecule has 7 nitrogen and oxygen atoms in total. The van der Waals surface area contributed by atoms with Gasteiger partial charge in [-0.3, -0.25) is 9.69 Å². The largest absolute Gasteiger partial charge is 0.321 e. The van der Waals surface area contributed by atoms with Crippen molar-refractivity contribution in [3.63, 3.8) is 0 Å². The number of nitrogens with one attached hydrogen (secondary N) is 1. The van der Waals surface area contributed by atoms with E-state index in [9.17, 15) is 4.79 Å². The van der Waals surface area contributed by atoms with Crippen LogP contribution in [0, 0.1) is 13.8 Å². The van der Waals surface area contributed by atoms with Gasteiger partial charge in [0.25, 0.3) is 5.56 Å². The minimum atomic E-state index is -0.00817. The number of hydrogen-bond donors (Lipinski definition) is 1. The van der Waals surface area contributed by atoms with Gasteiger partial charge in [0.1, 0.15) is 0 Å². The first-order valence-corrected chi connectivity index (χ1v) is 12.7. The van der Waals surface area contributed by atoms with Crippen molar-refractivity contribution in [3.8, 4) is 0 Å². The Hall–Kier alpha value is -3.32. The number of pyridine rings is 1. The van der Waals surface area contributed by atoms with Crippen molar-refractivity contribution in [1.82, 2.24) is 30.1 Å². The fourth-order valence-electron chi connectivity index (χ4n) is 5.66. The van der Waals surface area contributed by atoms with E-state index in [1.807, 2.05) is 22.9 Å². The minimum Gasteiger partial charge on any atom is -0.321 e. The second-order valence-corrected chi connectivity index (χ2v) is 9.88. The van der Waals surface area contributed by atoms with Crippen LogP contribution in [0.25, 0.3) is 10.9 Å². The van der Waals surface area contributed by atoms with Crippen LogP contribution in [0.4, 0.5) is 0 Å². The SMILES string of the molecule is CC[C@H](c1nnnn1Cc1ccccc1)N(Cc1cc2cc(C)cc(C)c2[nH]c1=O)C1CCCC1. The third-order valence-corrected chi connectivity index (χ3v) is 7.34. The average Bonchev–Trinajstić information content (AvgIpc) is 3.53. The number of tetrazole rings is 1. The number of aromatic amines is 1. The number of hydrogen-bond acceptors (Lipinski definition) is 5. The number of fused-ring (bicyclic) bond motifs is 1. The van der Waals surface area contributed by atoms with Crippen molar-refractivity contribution in [1.29, 1.82) is 0 Å². The van der Waals surface area contributed by atoms with Gasteiger partial charge >= 0.3 is 0 Å². The Bertz CT molecular complexity index is 1350. The zero-order valence-corrected chi connectivity index (χ0v) is 20.9. The lowest BCUT2D eigenvalue weighted by atomic mass is 10.0. The van der Waals surface area contributed by atoms with Crippen molar-refractivity contribution >= 4 is 10.9 Å². The summed E-state index contributed by atoms with van der Waals surface area (Å²) in [6.45, 7) is 7.55. The average molecular weight is 471 g/mol. The van der Waals surface area contributed by atoms with E-state index >= 15 is 0 Å². The maximum absolute atomic E-state index is 13.2. The molecular formula is C28H34N6O. The van der Waals surface area contributed by atoms with Crippen LogP contribution in [0.2, 0.25) is 0 Å². The number of benzene rings is 2. The molecule has 1 atom stereocenters. The fraction of sp³-hybridized carbons (Fsp3) is 0.429.